The molecule has 2 aromatic heterocycles. The van der Waals surface area contributed by atoms with Gasteiger partial charge in [-0.05, 0) is 80.2 Å². The number of hydrogen-bond acceptors (Lipinski definition) is 5. The third-order valence-corrected chi connectivity index (χ3v) is 23.2. The number of anilines is 1. The van der Waals surface area contributed by atoms with Crippen molar-refractivity contribution >= 4 is 38.2 Å². The molecule has 252 valence electrons. The maximum atomic E-state index is 15.1. The normalized spacial score (nSPS) is 18.1. The Hall–Kier alpha value is -1.87. The van der Waals surface area contributed by atoms with E-state index in [1.54, 1.807) is 0 Å². The Morgan fingerprint density at radius 2 is 1.71 bits per heavy atom. The minimum Gasteiger partial charge on any atom is -0.411 e. The highest BCUT2D eigenvalue weighted by Crippen LogP contribution is 2.44. The molecular weight excluding hydrogens is 617 g/mol. The van der Waals surface area contributed by atoms with Crippen molar-refractivity contribution in [2.45, 2.75) is 161 Å². The van der Waals surface area contributed by atoms with Gasteiger partial charge >= 0.3 is 6.03 Å². The van der Waals surface area contributed by atoms with Gasteiger partial charge in [0, 0.05) is 23.2 Å². The molecule has 2 aromatic rings. The average molecular weight is 675 g/mol. The van der Waals surface area contributed by atoms with Crippen molar-refractivity contribution in [1.82, 2.24) is 19.2 Å². The maximum Gasteiger partial charge on any atom is 0.354 e. The van der Waals surface area contributed by atoms with Gasteiger partial charge in [-0.1, -0.05) is 68.5 Å². The summed E-state index contributed by atoms with van der Waals surface area (Å²) in [7, 11) is -7.95. The summed E-state index contributed by atoms with van der Waals surface area (Å²) >= 11 is 0. The van der Waals surface area contributed by atoms with Crippen molar-refractivity contribution in [3.8, 4) is 0 Å². The molecular formula is C33H58N6O3SSi2. The summed E-state index contributed by atoms with van der Waals surface area (Å²) in [5.41, 5.74) is 5.96. The first-order valence-corrected chi connectivity index (χ1v) is 24.0. The van der Waals surface area contributed by atoms with E-state index in [4.69, 9.17) is 14.5 Å². The van der Waals surface area contributed by atoms with Crippen LogP contribution in [-0.2, 0) is 45.6 Å². The summed E-state index contributed by atoms with van der Waals surface area (Å²) in [4.78, 5) is 19.0. The number of urea groups is 1. The minimum atomic E-state index is -3.46. The van der Waals surface area contributed by atoms with Gasteiger partial charge in [-0.15, -0.1) is 4.36 Å². The lowest BCUT2D eigenvalue weighted by atomic mass is 9.90. The predicted octanol–water partition coefficient (Wildman–Crippen LogP) is 8.66. The van der Waals surface area contributed by atoms with Crippen LogP contribution in [0.2, 0.25) is 36.3 Å². The van der Waals surface area contributed by atoms with E-state index in [0.717, 1.165) is 66.0 Å². The van der Waals surface area contributed by atoms with Gasteiger partial charge in [-0.3, -0.25) is 9.67 Å². The molecule has 0 spiro atoms. The zero-order chi connectivity index (χ0) is 34.0. The lowest BCUT2D eigenvalue weighted by Crippen LogP contribution is -2.54. The van der Waals surface area contributed by atoms with Crippen LogP contribution in [-0.4, -0.2) is 41.6 Å². The van der Waals surface area contributed by atoms with Gasteiger partial charge in [0.15, 0.2) is 23.3 Å². The highest BCUT2D eigenvalue weighted by atomic mass is 32.2. The fourth-order valence-corrected chi connectivity index (χ4v) is 12.0. The molecule has 0 aromatic carbocycles. The summed E-state index contributed by atoms with van der Waals surface area (Å²) in [6.07, 6.45) is 4.64. The number of pyridine rings is 1. The van der Waals surface area contributed by atoms with E-state index >= 15 is 4.21 Å². The molecule has 0 aliphatic heterocycles. The number of carbonyl (C=O) groups is 1. The number of fused-ring (bicyclic) bond motifs is 2. The summed E-state index contributed by atoms with van der Waals surface area (Å²) < 4.78 is 31.5. The van der Waals surface area contributed by atoms with E-state index in [9.17, 15) is 4.79 Å². The second-order valence-corrected chi connectivity index (χ2v) is 29.1. The number of amides is 2. The Morgan fingerprint density at radius 1 is 1.07 bits per heavy atom. The topological polar surface area (TPSA) is 110 Å². The second kappa shape index (κ2) is 12.0. The molecule has 2 N–H and O–H groups in total. The molecule has 2 heterocycles. The van der Waals surface area contributed by atoms with Gasteiger partial charge in [0.25, 0.3) is 0 Å². The summed E-state index contributed by atoms with van der Waals surface area (Å²) in [5.74, 6) is 0. The standard InChI is InChI=1S/C33H58N6O3SSi2/c1-22(2)39-23(21-42-45(13,14)32(6,7)8)20-27(36-39)43(41,38-44(11,12)31(3,4)5)37-30(40)35-28-24-16-15-17-26(24)34-29-25(28)18-19-33(29,9)10/h20,22H,15-19,21H2,1-14H3,(H2,34,35,37,38,40,41). The van der Waals surface area contributed by atoms with Crippen LogP contribution in [0.15, 0.2) is 15.5 Å². The lowest BCUT2D eigenvalue weighted by Gasteiger charge is -2.37. The minimum absolute atomic E-state index is 0.00691. The van der Waals surface area contributed by atoms with Gasteiger partial charge < -0.3 is 9.74 Å². The summed E-state index contributed by atoms with van der Waals surface area (Å²) in [6.45, 7) is 30.7. The molecule has 0 saturated heterocycles. The van der Waals surface area contributed by atoms with Crippen molar-refractivity contribution < 1.29 is 13.4 Å². The first-order chi connectivity index (χ1) is 20.4. The van der Waals surface area contributed by atoms with Gasteiger partial charge in [-0.2, -0.15) is 5.10 Å². The van der Waals surface area contributed by atoms with E-state index in [1.807, 2.05) is 24.6 Å². The predicted molar refractivity (Wildman–Crippen MR) is 190 cm³/mol. The average Bonchev–Trinajstić information content (AvgIpc) is 3.59. The number of aromatic nitrogens is 3. The molecule has 1 unspecified atom stereocenters. The SMILES string of the molecule is CC(C)n1nc(S(=O)(=NC(=O)Nc2c3c(nc4c2CCC4(C)C)CCC3)N[Si](C)(C)C(C)(C)C)cc1CO[Si](C)(C)C(C)(C)C. The fraction of sp³-hybridized carbons (Fsp3) is 0.727. The molecule has 2 aliphatic carbocycles. The maximum absolute atomic E-state index is 15.1. The van der Waals surface area contributed by atoms with Crippen molar-refractivity contribution in [3.05, 3.63) is 34.3 Å². The highest BCUT2D eigenvalue weighted by molar-refractivity contribution is 7.93. The van der Waals surface area contributed by atoms with E-state index in [0.29, 0.717) is 6.61 Å². The number of nitrogens with zero attached hydrogens (tertiary/aromatic N) is 4. The van der Waals surface area contributed by atoms with Gasteiger partial charge in [0.1, 0.15) is 8.24 Å². The Morgan fingerprint density at radius 3 is 2.29 bits per heavy atom. The van der Waals surface area contributed by atoms with Gasteiger partial charge in [0.2, 0.25) is 0 Å². The van der Waals surface area contributed by atoms with Crippen LogP contribution < -0.4 is 9.70 Å². The highest BCUT2D eigenvalue weighted by Gasteiger charge is 2.41. The van der Waals surface area contributed by atoms with Crippen LogP contribution in [0.3, 0.4) is 0 Å². The van der Waals surface area contributed by atoms with Gasteiger partial charge in [-0.25, -0.2) is 13.4 Å². The third kappa shape index (κ3) is 7.19. The molecule has 0 bridgehead atoms. The van der Waals surface area contributed by atoms with Crippen LogP contribution >= 0.6 is 0 Å². The Kier molecular flexibility index (Phi) is 9.58. The Balaban J connectivity index is 1.81. The van der Waals surface area contributed by atoms with Crippen LogP contribution in [0, 0.1) is 0 Å². The number of rotatable bonds is 8. The number of hydrogen-bond donors (Lipinski definition) is 2. The smallest absolute Gasteiger partial charge is 0.354 e. The van der Waals surface area contributed by atoms with E-state index in [-0.39, 0.29) is 26.6 Å². The largest absolute Gasteiger partial charge is 0.411 e. The second-order valence-electron chi connectivity index (χ2n) is 17.1. The van der Waals surface area contributed by atoms with E-state index < -0.39 is 32.5 Å². The lowest BCUT2D eigenvalue weighted by molar-refractivity contribution is 0.259. The fourth-order valence-electron chi connectivity index (χ4n) is 5.57. The molecule has 12 heteroatoms. The molecule has 0 radical (unpaired) electrons. The molecule has 45 heavy (non-hydrogen) atoms. The van der Waals surface area contributed by atoms with E-state index in [1.165, 1.54) is 0 Å². The van der Waals surface area contributed by atoms with Crippen LogP contribution in [0.1, 0.15) is 116 Å². The zero-order valence-corrected chi connectivity index (χ0v) is 33.1. The van der Waals surface area contributed by atoms with Crippen molar-refractivity contribution in [2.24, 2.45) is 4.36 Å². The van der Waals surface area contributed by atoms with Crippen molar-refractivity contribution in [2.75, 3.05) is 5.32 Å². The molecule has 2 amide bonds. The molecule has 0 fully saturated rings. The zero-order valence-electron chi connectivity index (χ0n) is 30.3. The van der Waals surface area contributed by atoms with Crippen LogP contribution in [0.5, 0.6) is 0 Å². The first-order valence-electron chi connectivity index (χ1n) is 16.5. The van der Waals surface area contributed by atoms with Crippen molar-refractivity contribution in [3.63, 3.8) is 0 Å². The molecule has 1 atom stereocenters. The van der Waals surface area contributed by atoms with Gasteiger partial charge in [0.05, 0.1) is 23.7 Å². The monoisotopic (exact) mass is 674 g/mol. The molecule has 2 aliphatic rings. The Labute approximate surface area is 274 Å². The van der Waals surface area contributed by atoms with Crippen LogP contribution in [0.4, 0.5) is 10.5 Å². The quantitative estimate of drug-likeness (QED) is 0.272. The molecule has 9 nitrogen and oxygen atoms in total. The summed E-state index contributed by atoms with van der Waals surface area (Å²) in [6, 6.07) is 1.22. The number of nitrogens with one attached hydrogen (secondary N) is 2. The Bertz CT molecular complexity index is 1590. The summed E-state index contributed by atoms with van der Waals surface area (Å²) in [5, 5.41) is 8.16. The number of aryl methyl sites for hydroxylation is 1. The van der Waals surface area contributed by atoms with Crippen molar-refractivity contribution in [1.29, 1.82) is 0 Å². The third-order valence-electron chi connectivity index (χ3n) is 10.6. The molecule has 0 saturated carbocycles. The van der Waals surface area contributed by atoms with E-state index in [2.05, 4.69) is 95.6 Å². The first kappa shape index (κ1) is 36.0. The number of carbonyl (C=O) groups excluding carboxylic acids is 1. The molecule has 4 rings (SSSR count). The van der Waals surface area contributed by atoms with Crippen LogP contribution in [0.25, 0.3) is 0 Å².